The van der Waals surface area contributed by atoms with Crippen LogP contribution in [0.5, 0.6) is 0 Å². The molecule has 1 aromatic rings. The van der Waals surface area contributed by atoms with Gasteiger partial charge in [0, 0.05) is 31.3 Å². The quantitative estimate of drug-likeness (QED) is 0.649. The Bertz CT molecular complexity index is 565. The molecule has 0 unspecified atom stereocenters. The number of carbonyl (C=O) groups excluding carboxylic acids is 2. The van der Waals surface area contributed by atoms with Gasteiger partial charge in [-0.15, -0.1) is 12.4 Å². The molecular formula is C15H21ClF3N3O2. The van der Waals surface area contributed by atoms with Crippen molar-refractivity contribution in [3.63, 3.8) is 0 Å². The van der Waals surface area contributed by atoms with Crippen LogP contribution >= 0.6 is 12.4 Å². The smallest absolute Gasteiger partial charge is 0.351 e. The fourth-order valence-corrected chi connectivity index (χ4v) is 1.87. The van der Waals surface area contributed by atoms with Gasteiger partial charge in [-0.25, -0.2) is 0 Å². The second-order valence-electron chi connectivity index (χ2n) is 4.98. The summed E-state index contributed by atoms with van der Waals surface area (Å²) in [5.41, 5.74) is -1.21. The molecule has 0 spiro atoms. The van der Waals surface area contributed by atoms with Gasteiger partial charge in [0.25, 0.3) is 5.91 Å². The van der Waals surface area contributed by atoms with E-state index in [0.29, 0.717) is 13.1 Å². The zero-order chi connectivity index (χ0) is 17.5. The van der Waals surface area contributed by atoms with Crippen molar-refractivity contribution in [3.8, 4) is 0 Å². The second-order valence-corrected chi connectivity index (χ2v) is 4.98. The molecule has 0 aliphatic rings. The van der Waals surface area contributed by atoms with Gasteiger partial charge in [-0.1, -0.05) is 6.92 Å². The van der Waals surface area contributed by atoms with Crippen LogP contribution in [0.1, 0.15) is 36.2 Å². The Morgan fingerprint density at radius 1 is 1.08 bits per heavy atom. The van der Waals surface area contributed by atoms with E-state index >= 15 is 0 Å². The van der Waals surface area contributed by atoms with Gasteiger partial charge in [0.05, 0.1) is 5.56 Å². The predicted octanol–water partition coefficient (Wildman–Crippen LogP) is 2.82. The van der Waals surface area contributed by atoms with Crippen molar-refractivity contribution in [1.82, 2.24) is 10.6 Å². The summed E-state index contributed by atoms with van der Waals surface area (Å²) in [6.45, 7) is 4.80. The molecule has 3 N–H and O–H groups in total. The van der Waals surface area contributed by atoms with Crippen LogP contribution in [-0.2, 0) is 11.0 Å². The maximum Gasteiger partial charge on any atom is 0.416 e. The van der Waals surface area contributed by atoms with E-state index in [2.05, 4.69) is 16.0 Å². The molecular weight excluding hydrogens is 347 g/mol. The fraction of sp³-hybridized carbons (Fsp3) is 0.467. The van der Waals surface area contributed by atoms with Gasteiger partial charge in [-0.05, 0) is 31.2 Å². The molecule has 0 radical (unpaired) electrons. The zero-order valence-corrected chi connectivity index (χ0v) is 14.2. The molecule has 0 aliphatic carbocycles. The highest BCUT2D eigenvalue weighted by Gasteiger charge is 2.31. The minimum Gasteiger partial charge on any atom is -0.351 e. The first kappa shape index (κ1) is 22.2. The topological polar surface area (TPSA) is 70.2 Å². The van der Waals surface area contributed by atoms with Crippen LogP contribution in [-0.4, -0.2) is 31.4 Å². The Hall–Kier alpha value is -1.80. The average molecular weight is 368 g/mol. The highest BCUT2D eigenvalue weighted by atomic mass is 35.5. The summed E-state index contributed by atoms with van der Waals surface area (Å²) in [5.74, 6) is -1.14. The molecule has 0 heterocycles. The van der Waals surface area contributed by atoms with Gasteiger partial charge in [0.2, 0.25) is 5.91 Å². The van der Waals surface area contributed by atoms with E-state index in [1.54, 1.807) is 0 Å². The molecule has 136 valence electrons. The Kier molecular flexibility index (Phi) is 9.38. The third kappa shape index (κ3) is 7.65. The molecule has 1 rings (SSSR count). The van der Waals surface area contributed by atoms with Crippen molar-refractivity contribution in [3.05, 3.63) is 29.3 Å². The Labute approximate surface area is 144 Å². The summed E-state index contributed by atoms with van der Waals surface area (Å²) in [6, 6.07) is 2.77. The van der Waals surface area contributed by atoms with Crippen molar-refractivity contribution in [2.75, 3.05) is 25.0 Å². The van der Waals surface area contributed by atoms with E-state index in [0.717, 1.165) is 25.1 Å². The van der Waals surface area contributed by atoms with Crippen molar-refractivity contribution in [2.45, 2.75) is 26.4 Å². The molecule has 0 atom stereocenters. The molecule has 0 aromatic heterocycles. The zero-order valence-electron chi connectivity index (χ0n) is 13.4. The van der Waals surface area contributed by atoms with E-state index < -0.39 is 23.6 Å². The van der Waals surface area contributed by atoms with Crippen LogP contribution in [0, 0.1) is 0 Å². The molecule has 0 saturated heterocycles. The summed E-state index contributed by atoms with van der Waals surface area (Å²) in [4.78, 5) is 23.0. The molecule has 9 heteroatoms. The monoisotopic (exact) mass is 367 g/mol. The van der Waals surface area contributed by atoms with Crippen LogP contribution in [0.25, 0.3) is 0 Å². The highest BCUT2D eigenvalue weighted by Crippen LogP contribution is 2.32. The van der Waals surface area contributed by atoms with E-state index in [-0.39, 0.29) is 23.7 Å². The van der Waals surface area contributed by atoms with E-state index in [1.807, 2.05) is 6.92 Å². The standard InChI is InChI=1S/C15H20F3N3O2.ClH/c1-3-4-19-5-6-20-14(23)11-7-12(15(16,17)18)9-13(8-11)21-10(2)22;/h7-9,19H,3-6H2,1-2H3,(H,20,23)(H,21,22);1H. The lowest BCUT2D eigenvalue weighted by Crippen LogP contribution is -2.32. The molecule has 0 fully saturated rings. The fourth-order valence-electron chi connectivity index (χ4n) is 1.87. The number of nitrogens with one attached hydrogen (secondary N) is 3. The maximum atomic E-state index is 12.9. The molecule has 2 amide bonds. The second kappa shape index (κ2) is 10.1. The van der Waals surface area contributed by atoms with Crippen molar-refractivity contribution in [1.29, 1.82) is 0 Å². The minimum absolute atomic E-state index is 0. The molecule has 0 aliphatic heterocycles. The number of hydrogen-bond donors (Lipinski definition) is 3. The summed E-state index contributed by atoms with van der Waals surface area (Å²) in [7, 11) is 0. The third-order valence-electron chi connectivity index (χ3n) is 2.86. The maximum absolute atomic E-state index is 12.9. The lowest BCUT2D eigenvalue weighted by Gasteiger charge is -2.13. The van der Waals surface area contributed by atoms with Crippen molar-refractivity contribution in [2.24, 2.45) is 0 Å². The van der Waals surface area contributed by atoms with E-state index in [4.69, 9.17) is 0 Å². The van der Waals surface area contributed by atoms with Crippen molar-refractivity contribution < 1.29 is 22.8 Å². The molecule has 24 heavy (non-hydrogen) atoms. The number of benzene rings is 1. The van der Waals surface area contributed by atoms with Crippen LogP contribution in [0.15, 0.2) is 18.2 Å². The van der Waals surface area contributed by atoms with E-state index in [1.165, 1.54) is 13.0 Å². The average Bonchev–Trinajstić information content (AvgIpc) is 2.45. The Morgan fingerprint density at radius 2 is 1.75 bits per heavy atom. The van der Waals surface area contributed by atoms with Crippen LogP contribution < -0.4 is 16.0 Å². The summed E-state index contributed by atoms with van der Waals surface area (Å²) in [5, 5.41) is 7.86. The number of anilines is 1. The number of rotatable bonds is 7. The number of carbonyl (C=O) groups is 2. The highest BCUT2D eigenvalue weighted by molar-refractivity contribution is 5.97. The SMILES string of the molecule is CCCNCCNC(=O)c1cc(NC(C)=O)cc(C(F)(F)F)c1.Cl. The third-order valence-corrected chi connectivity index (χ3v) is 2.86. The molecule has 0 saturated carbocycles. The molecule has 5 nitrogen and oxygen atoms in total. The first-order chi connectivity index (χ1) is 10.7. The lowest BCUT2D eigenvalue weighted by molar-refractivity contribution is -0.137. The van der Waals surface area contributed by atoms with Gasteiger partial charge >= 0.3 is 6.18 Å². The van der Waals surface area contributed by atoms with Gasteiger partial charge in [-0.2, -0.15) is 13.2 Å². The first-order valence-electron chi connectivity index (χ1n) is 7.23. The lowest BCUT2D eigenvalue weighted by atomic mass is 10.1. The number of hydrogen-bond acceptors (Lipinski definition) is 3. The summed E-state index contributed by atoms with van der Waals surface area (Å²) >= 11 is 0. The predicted molar refractivity (Wildman–Crippen MR) is 88.5 cm³/mol. The van der Waals surface area contributed by atoms with Crippen molar-refractivity contribution >= 4 is 29.9 Å². The van der Waals surface area contributed by atoms with Crippen LogP contribution in [0.2, 0.25) is 0 Å². The summed E-state index contributed by atoms with van der Waals surface area (Å²) < 4.78 is 38.7. The van der Waals surface area contributed by atoms with Gasteiger partial charge < -0.3 is 16.0 Å². The molecule has 1 aromatic carbocycles. The number of alkyl halides is 3. The van der Waals surface area contributed by atoms with Gasteiger partial charge in [0.15, 0.2) is 0 Å². The van der Waals surface area contributed by atoms with Crippen LogP contribution in [0.3, 0.4) is 0 Å². The van der Waals surface area contributed by atoms with Gasteiger partial charge in [0.1, 0.15) is 0 Å². The van der Waals surface area contributed by atoms with Crippen LogP contribution in [0.4, 0.5) is 18.9 Å². The first-order valence-corrected chi connectivity index (χ1v) is 7.23. The number of amides is 2. The normalized spacial score (nSPS) is 10.7. The molecule has 0 bridgehead atoms. The van der Waals surface area contributed by atoms with Gasteiger partial charge in [-0.3, -0.25) is 9.59 Å². The Morgan fingerprint density at radius 3 is 2.29 bits per heavy atom. The summed E-state index contributed by atoms with van der Waals surface area (Å²) in [6.07, 6.45) is -3.66. The largest absolute Gasteiger partial charge is 0.416 e. The Balaban J connectivity index is 0.00000529. The van der Waals surface area contributed by atoms with E-state index in [9.17, 15) is 22.8 Å². The minimum atomic E-state index is -4.60. The number of halogens is 4.